The number of rotatable bonds is 8. The number of amides is 3. The number of likely N-dealkylation sites (tertiary alicyclic amines) is 1. The Balaban J connectivity index is 1.50. The molecule has 1 aliphatic heterocycles. The molecule has 172 valence electrons. The molecule has 1 unspecified atom stereocenters. The van der Waals surface area contributed by atoms with Gasteiger partial charge in [0.1, 0.15) is 0 Å². The maximum Gasteiger partial charge on any atom is 0.321 e. The first-order chi connectivity index (χ1) is 15.5. The van der Waals surface area contributed by atoms with Crippen molar-refractivity contribution in [2.75, 3.05) is 25.0 Å². The van der Waals surface area contributed by atoms with Crippen LogP contribution in [0.4, 0.5) is 10.5 Å². The van der Waals surface area contributed by atoms with Gasteiger partial charge in [0.05, 0.1) is 6.04 Å². The zero-order chi connectivity index (χ0) is 23.0. The third kappa shape index (κ3) is 5.65. The van der Waals surface area contributed by atoms with Crippen molar-refractivity contribution in [2.45, 2.75) is 51.0 Å². The van der Waals surface area contributed by atoms with E-state index >= 15 is 0 Å². The highest BCUT2D eigenvalue weighted by Crippen LogP contribution is 2.31. The molecule has 1 saturated heterocycles. The number of carbonyl (C=O) groups excluding carboxylic acids is 2. The smallest absolute Gasteiger partial charge is 0.321 e. The Morgan fingerprint density at radius 2 is 1.72 bits per heavy atom. The topological polar surface area (TPSA) is 100 Å². The Morgan fingerprint density at radius 3 is 2.31 bits per heavy atom. The van der Waals surface area contributed by atoms with Gasteiger partial charge in [-0.3, -0.25) is 9.78 Å². The van der Waals surface area contributed by atoms with Crippen molar-refractivity contribution in [3.05, 3.63) is 60.4 Å². The molecule has 32 heavy (non-hydrogen) atoms. The van der Waals surface area contributed by atoms with Crippen molar-refractivity contribution < 1.29 is 9.59 Å². The van der Waals surface area contributed by atoms with Gasteiger partial charge in [0.25, 0.3) is 0 Å². The van der Waals surface area contributed by atoms with E-state index in [-0.39, 0.29) is 23.3 Å². The van der Waals surface area contributed by atoms with E-state index in [4.69, 9.17) is 5.73 Å². The lowest BCUT2D eigenvalue weighted by molar-refractivity contribution is -0.124. The molecule has 7 nitrogen and oxygen atoms in total. The number of nitrogens with zero attached hydrogens (tertiary/aromatic N) is 2. The lowest BCUT2D eigenvalue weighted by atomic mass is 9.75. The van der Waals surface area contributed by atoms with Crippen LogP contribution in [0, 0.1) is 5.92 Å². The van der Waals surface area contributed by atoms with Gasteiger partial charge in [-0.15, -0.1) is 0 Å². The zero-order valence-corrected chi connectivity index (χ0v) is 19.1. The third-order valence-corrected chi connectivity index (χ3v) is 6.91. The monoisotopic (exact) mass is 437 g/mol. The standard InChI is InChI=1S/C25H35N5O2/c1-3-25(4-2,20-8-6-5-7-9-20)18-28-23(31)22(26)19-12-16-30(17-13-19)24(32)29-21-10-14-27-15-11-21/h5-11,14-15,19,22H,3-4,12-13,16-18,26H2,1-2H3,(H,28,31)(H,27,29,32). The Kier molecular flexibility index (Phi) is 8.22. The van der Waals surface area contributed by atoms with Crippen LogP contribution >= 0.6 is 0 Å². The highest BCUT2D eigenvalue weighted by molar-refractivity contribution is 5.89. The van der Waals surface area contributed by atoms with Crippen LogP contribution in [0.25, 0.3) is 0 Å². The minimum atomic E-state index is -0.567. The first kappa shape index (κ1) is 23.7. The minimum Gasteiger partial charge on any atom is -0.354 e. The Hall–Kier alpha value is -2.93. The van der Waals surface area contributed by atoms with Gasteiger partial charge < -0.3 is 21.3 Å². The molecule has 4 N–H and O–H groups in total. The molecule has 1 aliphatic rings. The first-order valence-corrected chi connectivity index (χ1v) is 11.5. The van der Waals surface area contributed by atoms with Crippen LogP contribution in [0.2, 0.25) is 0 Å². The number of pyridine rings is 1. The van der Waals surface area contributed by atoms with Gasteiger partial charge in [0.2, 0.25) is 5.91 Å². The van der Waals surface area contributed by atoms with E-state index in [1.54, 1.807) is 29.4 Å². The van der Waals surface area contributed by atoms with E-state index in [0.29, 0.717) is 32.5 Å². The normalized spacial score (nSPS) is 15.8. The summed E-state index contributed by atoms with van der Waals surface area (Å²) in [6.45, 7) is 6.06. The van der Waals surface area contributed by atoms with Crippen LogP contribution in [0.5, 0.6) is 0 Å². The molecule has 1 atom stereocenters. The number of hydrogen-bond donors (Lipinski definition) is 3. The molecular formula is C25H35N5O2. The highest BCUT2D eigenvalue weighted by atomic mass is 16.2. The summed E-state index contributed by atoms with van der Waals surface area (Å²) in [6.07, 6.45) is 6.58. The SMILES string of the molecule is CCC(CC)(CNC(=O)C(N)C1CCN(C(=O)Nc2ccncc2)CC1)c1ccccc1. The molecule has 0 spiro atoms. The van der Waals surface area contributed by atoms with E-state index in [1.165, 1.54) is 5.56 Å². The van der Waals surface area contributed by atoms with Crippen LogP contribution in [0.15, 0.2) is 54.9 Å². The number of aromatic nitrogens is 1. The van der Waals surface area contributed by atoms with Crippen molar-refractivity contribution in [2.24, 2.45) is 11.7 Å². The van der Waals surface area contributed by atoms with Crippen molar-refractivity contribution >= 4 is 17.6 Å². The summed E-state index contributed by atoms with van der Waals surface area (Å²) in [7, 11) is 0. The molecule has 0 saturated carbocycles. The first-order valence-electron chi connectivity index (χ1n) is 11.5. The average Bonchev–Trinajstić information content (AvgIpc) is 2.85. The maximum atomic E-state index is 12.9. The van der Waals surface area contributed by atoms with Gasteiger partial charge >= 0.3 is 6.03 Å². The molecule has 7 heteroatoms. The number of benzene rings is 1. The lowest BCUT2D eigenvalue weighted by Crippen LogP contribution is -2.52. The Bertz CT molecular complexity index is 862. The molecule has 0 bridgehead atoms. The molecule has 0 radical (unpaired) electrons. The van der Waals surface area contributed by atoms with Crippen LogP contribution in [0.3, 0.4) is 0 Å². The van der Waals surface area contributed by atoms with E-state index in [1.807, 2.05) is 18.2 Å². The number of hydrogen-bond acceptors (Lipinski definition) is 4. The number of nitrogens with one attached hydrogen (secondary N) is 2. The minimum absolute atomic E-state index is 0.0642. The summed E-state index contributed by atoms with van der Waals surface area (Å²) in [4.78, 5) is 31.1. The third-order valence-electron chi connectivity index (χ3n) is 6.91. The van der Waals surface area contributed by atoms with Gasteiger partial charge in [-0.05, 0) is 49.3 Å². The van der Waals surface area contributed by atoms with Gasteiger partial charge in [0, 0.05) is 43.1 Å². The van der Waals surface area contributed by atoms with Crippen molar-refractivity contribution in [3.63, 3.8) is 0 Å². The molecular weight excluding hydrogens is 402 g/mol. The van der Waals surface area contributed by atoms with Gasteiger partial charge in [0.15, 0.2) is 0 Å². The van der Waals surface area contributed by atoms with Crippen LogP contribution in [-0.4, -0.2) is 47.5 Å². The van der Waals surface area contributed by atoms with E-state index < -0.39 is 6.04 Å². The predicted molar refractivity (Wildman–Crippen MR) is 127 cm³/mol. The zero-order valence-electron chi connectivity index (χ0n) is 19.1. The number of anilines is 1. The molecule has 1 aromatic heterocycles. The molecule has 2 aromatic rings. The summed E-state index contributed by atoms with van der Waals surface area (Å²) >= 11 is 0. The van der Waals surface area contributed by atoms with E-state index in [9.17, 15) is 9.59 Å². The summed E-state index contributed by atoms with van der Waals surface area (Å²) in [5.41, 5.74) is 8.22. The molecule has 3 rings (SSSR count). The fourth-order valence-corrected chi connectivity index (χ4v) is 4.49. The summed E-state index contributed by atoms with van der Waals surface area (Å²) in [5.74, 6) is -0.0405. The Labute approximate surface area is 190 Å². The van der Waals surface area contributed by atoms with E-state index in [0.717, 1.165) is 18.5 Å². The molecule has 2 heterocycles. The van der Waals surface area contributed by atoms with Gasteiger partial charge in [-0.25, -0.2) is 4.79 Å². The van der Waals surface area contributed by atoms with Gasteiger partial charge in [-0.2, -0.15) is 0 Å². The second-order valence-electron chi connectivity index (χ2n) is 8.59. The fraction of sp³-hybridized carbons (Fsp3) is 0.480. The molecule has 1 aromatic carbocycles. The second-order valence-corrected chi connectivity index (χ2v) is 8.59. The number of nitrogens with two attached hydrogens (primary N) is 1. The molecule has 3 amide bonds. The predicted octanol–water partition coefficient (Wildman–Crippen LogP) is 3.53. The lowest BCUT2D eigenvalue weighted by Gasteiger charge is -2.36. The van der Waals surface area contributed by atoms with E-state index in [2.05, 4.69) is 41.6 Å². The second kappa shape index (κ2) is 11.1. The number of piperidine rings is 1. The quantitative estimate of drug-likeness (QED) is 0.588. The van der Waals surface area contributed by atoms with Crippen molar-refractivity contribution in [1.82, 2.24) is 15.2 Å². The summed E-state index contributed by atoms with van der Waals surface area (Å²) < 4.78 is 0. The number of carbonyl (C=O) groups is 2. The van der Waals surface area contributed by atoms with Crippen molar-refractivity contribution in [1.29, 1.82) is 0 Å². The van der Waals surface area contributed by atoms with Gasteiger partial charge in [-0.1, -0.05) is 44.2 Å². The molecule has 0 aliphatic carbocycles. The fourth-order valence-electron chi connectivity index (χ4n) is 4.49. The maximum absolute atomic E-state index is 12.9. The summed E-state index contributed by atoms with van der Waals surface area (Å²) in [5, 5.41) is 6.01. The Morgan fingerprint density at radius 1 is 1.09 bits per heavy atom. The van der Waals surface area contributed by atoms with Crippen molar-refractivity contribution in [3.8, 4) is 0 Å². The van der Waals surface area contributed by atoms with Crippen LogP contribution in [-0.2, 0) is 10.2 Å². The van der Waals surface area contributed by atoms with Crippen LogP contribution in [0.1, 0.15) is 45.1 Å². The summed E-state index contributed by atoms with van der Waals surface area (Å²) in [6, 6.07) is 13.2. The largest absolute Gasteiger partial charge is 0.354 e. The highest BCUT2D eigenvalue weighted by Gasteiger charge is 2.33. The van der Waals surface area contributed by atoms with Crippen LogP contribution < -0.4 is 16.4 Å². The average molecular weight is 438 g/mol. The number of urea groups is 1. The molecule has 1 fully saturated rings.